The molecule has 0 aliphatic heterocycles. The first kappa shape index (κ1) is 15.9. The van der Waals surface area contributed by atoms with E-state index in [0.717, 1.165) is 6.42 Å². The van der Waals surface area contributed by atoms with E-state index in [1.165, 1.54) is 0 Å². The Hall–Kier alpha value is -1.06. The normalized spacial score (nSPS) is 12.3. The van der Waals surface area contributed by atoms with E-state index in [0.29, 0.717) is 25.5 Å². The highest BCUT2D eigenvalue weighted by atomic mass is 16.5. The van der Waals surface area contributed by atoms with Gasteiger partial charge in [-0.2, -0.15) is 0 Å². The van der Waals surface area contributed by atoms with Gasteiger partial charge in [0.05, 0.1) is 12.5 Å². The standard InChI is InChI=1S/C13H25NO3/c1-5-11(9-12(15)14-6-2)13(16)17-8-7-10(3)4/h10-11H,5-9H2,1-4H3,(H,14,15). The lowest BCUT2D eigenvalue weighted by molar-refractivity contribution is -0.150. The summed E-state index contributed by atoms with van der Waals surface area (Å²) in [5.41, 5.74) is 0. The van der Waals surface area contributed by atoms with Gasteiger partial charge >= 0.3 is 5.97 Å². The van der Waals surface area contributed by atoms with Crippen LogP contribution in [0.25, 0.3) is 0 Å². The van der Waals surface area contributed by atoms with Crippen LogP contribution in [0.2, 0.25) is 0 Å². The maximum absolute atomic E-state index is 11.7. The largest absolute Gasteiger partial charge is 0.465 e. The minimum absolute atomic E-state index is 0.0832. The summed E-state index contributed by atoms with van der Waals surface area (Å²) in [6.07, 6.45) is 1.73. The molecule has 0 saturated carbocycles. The molecule has 0 fully saturated rings. The van der Waals surface area contributed by atoms with Crippen molar-refractivity contribution in [3.8, 4) is 0 Å². The number of hydrogen-bond donors (Lipinski definition) is 1. The van der Waals surface area contributed by atoms with Gasteiger partial charge < -0.3 is 10.1 Å². The lowest BCUT2D eigenvalue weighted by Gasteiger charge is -2.14. The van der Waals surface area contributed by atoms with Gasteiger partial charge in [-0.1, -0.05) is 20.8 Å². The fourth-order valence-electron chi connectivity index (χ4n) is 1.40. The van der Waals surface area contributed by atoms with Gasteiger partial charge in [-0.15, -0.1) is 0 Å². The Morgan fingerprint density at radius 1 is 1.24 bits per heavy atom. The monoisotopic (exact) mass is 243 g/mol. The summed E-state index contributed by atoms with van der Waals surface area (Å²) in [7, 11) is 0. The molecule has 1 amide bonds. The van der Waals surface area contributed by atoms with Crippen molar-refractivity contribution in [3.05, 3.63) is 0 Å². The van der Waals surface area contributed by atoms with E-state index in [-0.39, 0.29) is 24.2 Å². The molecule has 1 atom stereocenters. The van der Waals surface area contributed by atoms with Gasteiger partial charge in [0.1, 0.15) is 0 Å². The smallest absolute Gasteiger partial charge is 0.309 e. The second kappa shape index (κ2) is 9.02. The average molecular weight is 243 g/mol. The molecule has 0 aromatic carbocycles. The van der Waals surface area contributed by atoms with Gasteiger partial charge in [0.15, 0.2) is 0 Å². The molecule has 0 radical (unpaired) electrons. The molecule has 0 aliphatic rings. The minimum Gasteiger partial charge on any atom is -0.465 e. The third-order valence-electron chi connectivity index (χ3n) is 2.57. The predicted octanol–water partition coefficient (Wildman–Crippen LogP) is 2.13. The lowest BCUT2D eigenvalue weighted by Crippen LogP contribution is -2.29. The lowest BCUT2D eigenvalue weighted by atomic mass is 10.0. The molecule has 0 aromatic heterocycles. The molecule has 0 saturated heterocycles. The van der Waals surface area contributed by atoms with Crippen molar-refractivity contribution in [1.29, 1.82) is 0 Å². The van der Waals surface area contributed by atoms with Crippen LogP contribution in [0.1, 0.15) is 47.0 Å². The second-order valence-corrected chi connectivity index (χ2v) is 4.61. The van der Waals surface area contributed by atoms with Crippen LogP contribution in [-0.4, -0.2) is 25.0 Å². The van der Waals surface area contributed by atoms with Crippen molar-refractivity contribution in [3.63, 3.8) is 0 Å². The molecular weight excluding hydrogens is 218 g/mol. The van der Waals surface area contributed by atoms with Crippen molar-refractivity contribution in [1.82, 2.24) is 5.32 Å². The van der Waals surface area contributed by atoms with Crippen LogP contribution in [0.4, 0.5) is 0 Å². The molecule has 0 spiro atoms. The third-order valence-corrected chi connectivity index (χ3v) is 2.57. The number of nitrogens with one attached hydrogen (secondary N) is 1. The van der Waals surface area contributed by atoms with E-state index in [9.17, 15) is 9.59 Å². The summed E-state index contributed by atoms with van der Waals surface area (Å²) in [6, 6.07) is 0. The highest BCUT2D eigenvalue weighted by molar-refractivity contribution is 5.82. The molecule has 0 bridgehead atoms. The van der Waals surface area contributed by atoms with Crippen molar-refractivity contribution in [2.24, 2.45) is 11.8 Å². The van der Waals surface area contributed by atoms with E-state index in [2.05, 4.69) is 19.2 Å². The van der Waals surface area contributed by atoms with Gasteiger partial charge in [-0.25, -0.2) is 0 Å². The maximum Gasteiger partial charge on any atom is 0.309 e. The highest BCUT2D eigenvalue weighted by Gasteiger charge is 2.21. The zero-order chi connectivity index (χ0) is 13.3. The van der Waals surface area contributed by atoms with Crippen molar-refractivity contribution in [2.45, 2.75) is 47.0 Å². The third kappa shape index (κ3) is 7.77. The molecule has 0 heterocycles. The van der Waals surface area contributed by atoms with Gasteiger partial charge in [0.25, 0.3) is 0 Å². The van der Waals surface area contributed by atoms with E-state index >= 15 is 0 Å². The van der Waals surface area contributed by atoms with Crippen LogP contribution in [-0.2, 0) is 14.3 Å². The molecule has 0 aliphatic carbocycles. The van der Waals surface area contributed by atoms with Crippen LogP contribution < -0.4 is 5.32 Å². The number of esters is 1. The molecule has 1 N–H and O–H groups in total. The molecule has 1 unspecified atom stereocenters. The minimum atomic E-state index is -0.311. The Morgan fingerprint density at radius 2 is 1.88 bits per heavy atom. The Balaban J connectivity index is 3.99. The fraction of sp³-hybridized carbons (Fsp3) is 0.846. The highest BCUT2D eigenvalue weighted by Crippen LogP contribution is 2.11. The summed E-state index contributed by atoms with van der Waals surface area (Å²) in [6.45, 7) is 8.97. The summed E-state index contributed by atoms with van der Waals surface area (Å²) < 4.78 is 5.17. The summed E-state index contributed by atoms with van der Waals surface area (Å²) >= 11 is 0. The summed E-state index contributed by atoms with van der Waals surface area (Å²) in [4.78, 5) is 23.1. The fourth-order valence-corrected chi connectivity index (χ4v) is 1.40. The van der Waals surface area contributed by atoms with E-state index in [1.54, 1.807) is 0 Å². The second-order valence-electron chi connectivity index (χ2n) is 4.61. The molecule has 0 aromatic rings. The number of ether oxygens (including phenoxy) is 1. The first-order chi connectivity index (χ1) is 8.01. The van der Waals surface area contributed by atoms with E-state index in [4.69, 9.17) is 4.74 Å². The molecular formula is C13H25NO3. The topological polar surface area (TPSA) is 55.4 Å². The predicted molar refractivity (Wildman–Crippen MR) is 67.5 cm³/mol. The Morgan fingerprint density at radius 3 is 2.35 bits per heavy atom. The summed E-state index contributed by atoms with van der Waals surface area (Å²) in [5.74, 6) is -0.125. The Bertz CT molecular complexity index is 239. The van der Waals surface area contributed by atoms with E-state index in [1.807, 2.05) is 13.8 Å². The quantitative estimate of drug-likeness (QED) is 0.664. The molecule has 4 heteroatoms. The van der Waals surface area contributed by atoms with Gasteiger partial charge in [0, 0.05) is 13.0 Å². The molecule has 17 heavy (non-hydrogen) atoms. The molecule has 100 valence electrons. The van der Waals surface area contributed by atoms with Crippen molar-refractivity contribution < 1.29 is 14.3 Å². The number of hydrogen-bond acceptors (Lipinski definition) is 3. The van der Waals surface area contributed by atoms with Crippen LogP contribution in [0.3, 0.4) is 0 Å². The van der Waals surface area contributed by atoms with Crippen molar-refractivity contribution in [2.75, 3.05) is 13.2 Å². The van der Waals surface area contributed by atoms with Gasteiger partial charge in [-0.3, -0.25) is 9.59 Å². The van der Waals surface area contributed by atoms with Crippen LogP contribution >= 0.6 is 0 Å². The Kier molecular flexibility index (Phi) is 8.46. The van der Waals surface area contributed by atoms with Crippen LogP contribution in [0.5, 0.6) is 0 Å². The SMILES string of the molecule is CCNC(=O)CC(CC)C(=O)OCCC(C)C. The van der Waals surface area contributed by atoms with Crippen molar-refractivity contribution >= 4 is 11.9 Å². The van der Waals surface area contributed by atoms with E-state index < -0.39 is 0 Å². The molecule has 0 rings (SSSR count). The molecule has 4 nitrogen and oxygen atoms in total. The average Bonchev–Trinajstić information content (AvgIpc) is 2.25. The first-order valence-corrected chi connectivity index (χ1v) is 6.44. The maximum atomic E-state index is 11.7. The van der Waals surface area contributed by atoms with Gasteiger partial charge in [0.2, 0.25) is 5.91 Å². The number of rotatable bonds is 8. The van der Waals surface area contributed by atoms with Crippen LogP contribution in [0.15, 0.2) is 0 Å². The number of carbonyl (C=O) groups is 2. The number of carbonyl (C=O) groups excluding carboxylic acids is 2. The van der Waals surface area contributed by atoms with Crippen LogP contribution in [0, 0.1) is 11.8 Å². The zero-order valence-electron chi connectivity index (χ0n) is 11.4. The first-order valence-electron chi connectivity index (χ1n) is 6.44. The Labute approximate surface area is 104 Å². The number of amides is 1. The van der Waals surface area contributed by atoms with Gasteiger partial charge in [-0.05, 0) is 25.7 Å². The zero-order valence-corrected chi connectivity index (χ0v) is 11.4. The summed E-state index contributed by atoms with van der Waals surface area (Å²) in [5, 5.41) is 2.69.